The van der Waals surface area contributed by atoms with Crippen LogP contribution in [0, 0.1) is 10.8 Å². The number of carbonyl (C=O) groups excluding carboxylic acids is 3. The van der Waals surface area contributed by atoms with E-state index < -0.39 is 58.9 Å². The van der Waals surface area contributed by atoms with Crippen molar-refractivity contribution in [2.75, 3.05) is 13.2 Å². The van der Waals surface area contributed by atoms with E-state index >= 15 is 0 Å². The molecule has 8 atom stereocenters. The topological polar surface area (TPSA) is 121 Å². The van der Waals surface area contributed by atoms with Crippen LogP contribution in [-0.2, 0) is 38.1 Å². The molecule has 3 fully saturated rings. The zero-order valence-electron chi connectivity index (χ0n) is 18.5. The van der Waals surface area contributed by atoms with Gasteiger partial charge < -0.3 is 28.8 Å². The number of fused-ring (bicyclic) bond motifs is 2. The van der Waals surface area contributed by atoms with Gasteiger partial charge in [0, 0.05) is 26.7 Å². The summed E-state index contributed by atoms with van der Waals surface area (Å²) in [6.45, 7) is 8.32. The van der Waals surface area contributed by atoms with Crippen LogP contribution in [0.15, 0.2) is 11.6 Å². The van der Waals surface area contributed by atoms with Gasteiger partial charge in [-0.25, -0.2) is 0 Å². The summed E-state index contributed by atoms with van der Waals surface area (Å²) >= 11 is 0. The lowest BCUT2D eigenvalue weighted by Gasteiger charge is -2.58. The maximum absolute atomic E-state index is 12.1. The summed E-state index contributed by atoms with van der Waals surface area (Å²) in [6.07, 6.45) is -1.50. The second kappa shape index (κ2) is 7.28. The van der Waals surface area contributed by atoms with Crippen molar-refractivity contribution in [3.63, 3.8) is 0 Å². The lowest BCUT2D eigenvalue weighted by Crippen LogP contribution is -2.68. The standard InChI is InChI=1S/C22H30O9/c1-6-16(25)30-14-8-21(9-27-12(3)23)15(7-11(14)2)31-19-17(26)18(29-13(4)24)20(21,5)22(19)10-28-22/h7,14-15,17-19,26H,6,8-10H2,1-5H3/t14-,15+,17+,18-,19+,20+,21+,22-/m1/s1. The number of ether oxygens (including phenoxy) is 5. The fourth-order valence-corrected chi connectivity index (χ4v) is 5.96. The third-order valence-electron chi connectivity index (χ3n) is 7.72. The lowest BCUT2D eigenvalue weighted by atomic mass is 9.51. The second-order valence-corrected chi connectivity index (χ2v) is 9.26. The first-order chi connectivity index (χ1) is 14.5. The van der Waals surface area contributed by atoms with Crippen molar-refractivity contribution < 1.29 is 43.2 Å². The highest BCUT2D eigenvalue weighted by Gasteiger charge is 2.86. The maximum Gasteiger partial charge on any atom is 0.306 e. The molecule has 1 N–H and O–H groups in total. The number of hydrogen-bond acceptors (Lipinski definition) is 9. The first-order valence-electron chi connectivity index (χ1n) is 10.7. The smallest absolute Gasteiger partial charge is 0.306 e. The van der Waals surface area contributed by atoms with Crippen molar-refractivity contribution in [1.29, 1.82) is 0 Å². The van der Waals surface area contributed by atoms with Crippen LogP contribution in [0.3, 0.4) is 0 Å². The Morgan fingerprint density at radius 3 is 2.45 bits per heavy atom. The Morgan fingerprint density at radius 2 is 1.90 bits per heavy atom. The molecule has 9 heteroatoms. The van der Waals surface area contributed by atoms with Crippen LogP contribution < -0.4 is 0 Å². The van der Waals surface area contributed by atoms with Crippen LogP contribution in [0.2, 0.25) is 0 Å². The van der Waals surface area contributed by atoms with Crippen molar-refractivity contribution in [2.24, 2.45) is 10.8 Å². The molecule has 0 amide bonds. The molecule has 172 valence electrons. The van der Waals surface area contributed by atoms with Gasteiger partial charge in [0.1, 0.15) is 36.6 Å². The van der Waals surface area contributed by atoms with E-state index in [1.807, 2.05) is 19.9 Å². The largest absolute Gasteiger partial charge is 0.465 e. The number of aliphatic hydroxyl groups excluding tert-OH is 1. The molecule has 2 aliphatic carbocycles. The summed E-state index contributed by atoms with van der Waals surface area (Å²) in [7, 11) is 0. The minimum Gasteiger partial charge on any atom is -0.465 e. The highest BCUT2D eigenvalue weighted by atomic mass is 16.7. The monoisotopic (exact) mass is 438 g/mol. The number of epoxide rings is 1. The molecule has 0 aromatic heterocycles. The Bertz CT molecular complexity index is 831. The van der Waals surface area contributed by atoms with Gasteiger partial charge in [-0.3, -0.25) is 14.4 Å². The summed E-state index contributed by atoms with van der Waals surface area (Å²) in [5.41, 5.74) is -1.98. The molecule has 2 heterocycles. The molecule has 2 aliphatic heterocycles. The Morgan fingerprint density at radius 1 is 1.23 bits per heavy atom. The van der Waals surface area contributed by atoms with E-state index in [0.29, 0.717) is 6.61 Å². The van der Waals surface area contributed by atoms with E-state index in [0.717, 1.165) is 5.57 Å². The van der Waals surface area contributed by atoms with Crippen molar-refractivity contribution >= 4 is 17.9 Å². The molecule has 9 nitrogen and oxygen atoms in total. The Labute approximate surface area is 181 Å². The van der Waals surface area contributed by atoms with E-state index in [-0.39, 0.29) is 25.4 Å². The molecule has 4 rings (SSSR count). The van der Waals surface area contributed by atoms with Crippen LogP contribution in [-0.4, -0.2) is 72.3 Å². The molecule has 0 radical (unpaired) electrons. The molecule has 1 spiro atoms. The van der Waals surface area contributed by atoms with Crippen LogP contribution in [0.25, 0.3) is 0 Å². The zero-order valence-corrected chi connectivity index (χ0v) is 18.5. The fourth-order valence-electron chi connectivity index (χ4n) is 5.96. The summed E-state index contributed by atoms with van der Waals surface area (Å²) < 4.78 is 29.1. The first kappa shape index (κ1) is 22.2. The van der Waals surface area contributed by atoms with E-state index in [1.165, 1.54) is 13.8 Å². The number of hydrogen-bond donors (Lipinski definition) is 1. The molecule has 1 saturated carbocycles. The molecular weight excluding hydrogens is 408 g/mol. The summed E-state index contributed by atoms with van der Waals surface area (Å²) in [5, 5.41) is 11.1. The van der Waals surface area contributed by atoms with Gasteiger partial charge in [-0.2, -0.15) is 0 Å². The maximum atomic E-state index is 12.1. The molecule has 2 saturated heterocycles. The first-order valence-corrected chi connectivity index (χ1v) is 10.7. The Hall–Kier alpha value is -1.97. The molecule has 2 bridgehead atoms. The van der Waals surface area contributed by atoms with Crippen LogP contribution in [0.1, 0.15) is 47.5 Å². The van der Waals surface area contributed by atoms with Crippen molar-refractivity contribution in [2.45, 2.75) is 83.6 Å². The van der Waals surface area contributed by atoms with Crippen LogP contribution in [0.5, 0.6) is 0 Å². The quantitative estimate of drug-likeness (QED) is 0.291. The zero-order chi connectivity index (χ0) is 22.8. The highest BCUT2D eigenvalue weighted by molar-refractivity contribution is 5.69. The summed E-state index contributed by atoms with van der Waals surface area (Å²) in [4.78, 5) is 35.9. The number of carbonyl (C=O) groups is 3. The highest BCUT2D eigenvalue weighted by Crippen LogP contribution is 2.72. The predicted octanol–water partition coefficient (Wildman–Crippen LogP) is 1.06. The van der Waals surface area contributed by atoms with Gasteiger partial charge in [-0.1, -0.05) is 19.9 Å². The van der Waals surface area contributed by atoms with E-state index in [1.54, 1.807) is 6.92 Å². The predicted molar refractivity (Wildman–Crippen MR) is 105 cm³/mol. The summed E-state index contributed by atoms with van der Waals surface area (Å²) in [6, 6.07) is 0. The SMILES string of the molecule is CCC(=O)O[C@@H]1C[C@]2(COC(C)=O)[C@H](C=C1C)O[C@H]1[C@@H](O)[C@@H](OC(C)=O)[C@]2(C)[C@@]12CO2. The van der Waals surface area contributed by atoms with Gasteiger partial charge >= 0.3 is 17.9 Å². The minimum atomic E-state index is -1.11. The van der Waals surface area contributed by atoms with Gasteiger partial charge in [0.2, 0.25) is 0 Å². The Kier molecular flexibility index (Phi) is 5.22. The molecule has 0 aromatic carbocycles. The summed E-state index contributed by atoms with van der Waals surface area (Å²) in [5.74, 6) is -1.36. The fraction of sp³-hybridized carbons (Fsp3) is 0.773. The van der Waals surface area contributed by atoms with Gasteiger partial charge in [-0.05, 0) is 12.5 Å². The number of esters is 3. The van der Waals surface area contributed by atoms with Crippen molar-refractivity contribution in [3.8, 4) is 0 Å². The van der Waals surface area contributed by atoms with Crippen molar-refractivity contribution in [1.82, 2.24) is 0 Å². The van der Waals surface area contributed by atoms with Gasteiger partial charge in [0.25, 0.3) is 0 Å². The second-order valence-electron chi connectivity index (χ2n) is 9.26. The average Bonchev–Trinajstić information content (AvgIpc) is 3.48. The van der Waals surface area contributed by atoms with Crippen molar-refractivity contribution in [3.05, 3.63) is 11.6 Å². The molecule has 0 aromatic rings. The van der Waals surface area contributed by atoms with E-state index in [9.17, 15) is 19.5 Å². The molecule has 0 unspecified atom stereocenters. The lowest BCUT2D eigenvalue weighted by molar-refractivity contribution is -0.241. The normalized spacial score (nSPS) is 44.8. The minimum absolute atomic E-state index is 0.0598. The van der Waals surface area contributed by atoms with E-state index in [4.69, 9.17) is 23.7 Å². The third kappa shape index (κ3) is 2.97. The number of aliphatic hydroxyl groups is 1. The van der Waals surface area contributed by atoms with Crippen LogP contribution >= 0.6 is 0 Å². The number of rotatable bonds is 5. The van der Waals surface area contributed by atoms with E-state index in [2.05, 4.69) is 0 Å². The third-order valence-corrected chi connectivity index (χ3v) is 7.72. The average molecular weight is 438 g/mol. The van der Waals surface area contributed by atoms with Gasteiger partial charge in [-0.15, -0.1) is 0 Å². The molecule has 4 aliphatic rings. The molecular formula is C22H30O9. The Balaban J connectivity index is 1.85. The molecule has 31 heavy (non-hydrogen) atoms. The van der Waals surface area contributed by atoms with Gasteiger partial charge in [0.15, 0.2) is 0 Å². The van der Waals surface area contributed by atoms with Gasteiger partial charge in [0.05, 0.1) is 23.5 Å². The van der Waals surface area contributed by atoms with Crippen LogP contribution in [0.4, 0.5) is 0 Å².